The van der Waals surface area contributed by atoms with Gasteiger partial charge in [0, 0.05) is 13.6 Å². The first-order valence-corrected chi connectivity index (χ1v) is 5.46. The van der Waals surface area contributed by atoms with Crippen molar-refractivity contribution in [2.75, 3.05) is 13.6 Å². The van der Waals surface area contributed by atoms with Crippen molar-refractivity contribution in [2.45, 2.75) is 12.8 Å². The zero-order valence-corrected chi connectivity index (χ0v) is 9.58. The van der Waals surface area contributed by atoms with Crippen LogP contribution in [-0.2, 0) is 0 Å². The molecule has 0 N–H and O–H groups in total. The highest BCUT2D eigenvalue weighted by Crippen LogP contribution is 2.30. The Balaban J connectivity index is 2.03. The summed E-state index contributed by atoms with van der Waals surface area (Å²) in [6.07, 6.45) is 4.02. The van der Waals surface area contributed by atoms with Gasteiger partial charge in [0.25, 0.3) is 5.91 Å². The molecule has 1 aromatic heterocycles. The number of hydrogen-bond acceptors (Lipinski definition) is 2. The molecule has 1 amide bonds. The molecule has 1 fully saturated rings. The van der Waals surface area contributed by atoms with E-state index in [0.29, 0.717) is 10.2 Å². The van der Waals surface area contributed by atoms with Crippen LogP contribution in [0.25, 0.3) is 0 Å². The van der Waals surface area contributed by atoms with Gasteiger partial charge in [-0.25, -0.2) is 0 Å². The molecule has 0 atom stereocenters. The van der Waals surface area contributed by atoms with Crippen LogP contribution in [0.3, 0.4) is 0 Å². The lowest BCUT2D eigenvalue weighted by atomic mass is 10.3. The summed E-state index contributed by atoms with van der Waals surface area (Å²) in [5, 5.41) is 0. The number of carbonyl (C=O) groups excluding carboxylic acids is 1. The first-order valence-electron chi connectivity index (χ1n) is 4.67. The zero-order chi connectivity index (χ0) is 10.1. The highest BCUT2D eigenvalue weighted by Gasteiger charge is 2.26. The van der Waals surface area contributed by atoms with Gasteiger partial charge in [-0.05, 0) is 40.8 Å². The van der Waals surface area contributed by atoms with Crippen molar-refractivity contribution < 1.29 is 9.21 Å². The molecule has 0 aromatic carbocycles. The Labute approximate surface area is 91.2 Å². The highest BCUT2D eigenvalue weighted by atomic mass is 79.9. The Morgan fingerprint density at radius 1 is 1.71 bits per heavy atom. The normalized spacial score (nSPS) is 15.6. The standard InChI is InChI=1S/C10H12BrNO2/c1-12(6-7-2-3-7)10(13)8-4-5-14-9(8)11/h4-5,7H,2-3,6H2,1H3. The van der Waals surface area contributed by atoms with E-state index in [4.69, 9.17) is 4.42 Å². The molecule has 1 aliphatic carbocycles. The van der Waals surface area contributed by atoms with E-state index < -0.39 is 0 Å². The van der Waals surface area contributed by atoms with Crippen molar-refractivity contribution in [3.63, 3.8) is 0 Å². The SMILES string of the molecule is CN(CC1CC1)C(=O)c1ccoc1Br. The van der Waals surface area contributed by atoms with Gasteiger partial charge in [-0.1, -0.05) is 0 Å². The molecule has 76 valence electrons. The Hall–Kier alpha value is -0.770. The number of furan rings is 1. The molecule has 0 spiro atoms. The van der Waals surface area contributed by atoms with Crippen molar-refractivity contribution in [3.8, 4) is 0 Å². The average molecular weight is 258 g/mol. The lowest BCUT2D eigenvalue weighted by molar-refractivity contribution is 0.0786. The van der Waals surface area contributed by atoms with Crippen molar-refractivity contribution in [2.24, 2.45) is 5.92 Å². The maximum absolute atomic E-state index is 11.8. The van der Waals surface area contributed by atoms with Crippen LogP contribution in [0.5, 0.6) is 0 Å². The van der Waals surface area contributed by atoms with Crippen molar-refractivity contribution in [1.29, 1.82) is 0 Å². The monoisotopic (exact) mass is 257 g/mol. The van der Waals surface area contributed by atoms with Crippen LogP contribution >= 0.6 is 15.9 Å². The van der Waals surface area contributed by atoms with E-state index in [1.165, 1.54) is 19.1 Å². The molecule has 1 saturated carbocycles. The summed E-state index contributed by atoms with van der Waals surface area (Å²) in [5.41, 5.74) is 0.605. The molecule has 14 heavy (non-hydrogen) atoms. The molecule has 0 bridgehead atoms. The van der Waals surface area contributed by atoms with Gasteiger partial charge in [-0.15, -0.1) is 0 Å². The third kappa shape index (κ3) is 2.00. The number of nitrogens with zero attached hydrogens (tertiary/aromatic N) is 1. The summed E-state index contributed by atoms with van der Waals surface area (Å²) in [6.45, 7) is 0.858. The number of rotatable bonds is 3. The number of hydrogen-bond donors (Lipinski definition) is 0. The van der Waals surface area contributed by atoms with Gasteiger partial charge in [0.05, 0.1) is 11.8 Å². The smallest absolute Gasteiger partial charge is 0.258 e. The molecule has 0 unspecified atom stereocenters. The van der Waals surface area contributed by atoms with Crippen molar-refractivity contribution in [3.05, 3.63) is 22.6 Å². The molecule has 0 aliphatic heterocycles. The van der Waals surface area contributed by atoms with Gasteiger partial charge in [0.1, 0.15) is 0 Å². The number of amides is 1. The minimum Gasteiger partial charge on any atom is -0.457 e. The number of halogens is 1. The first-order chi connectivity index (χ1) is 6.68. The topological polar surface area (TPSA) is 33.5 Å². The molecular formula is C10H12BrNO2. The second-order valence-electron chi connectivity index (χ2n) is 3.74. The number of carbonyl (C=O) groups is 1. The quantitative estimate of drug-likeness (QED) is 0.834. The van der Waals surface area contributed by atoms with E-state index in [9.17, 15) is 4.79 Å². The van der Waals surface area contributed by atoms with Crippen molar-refractivity contribution in [1.82, 2.24) is 4.90 Å². The van der Waals surface area contributed by atoms with Gasteiger partial charge in [-0.3, -0.25) is 4.79 Å². The van der Waals surface area contributed by atoms with Gasteiger partial charge in [0.2, 0.25) is 0 Å². The third-order valence-electron chi connectivity index (χ3n) is 2.42. The van der Waals surface area contributed by atoms with Crippen LogP contribution < -0.4 is 0 Å². The van der Waals surface area contributed by atoms with E-state index in [0.717, 1.165) is 12.5 Å². The van der Waals surface area contributed by atoms with Crippen LogP contribution in [0.1, 0.15) is 23.2 Å². The Kier molecular flexibility index (Phi) is 2.63. The summed E-state index contributed by atoms with van der Waals surface area (Å²) in [5.74, 6) is 0.743. The predicted molar refractivity (Wildman–Crippen MR) is 56.1 cm³/mol. The first kappa shape index (κ1) is 9.77. The zero-order valence-electron chi connectivity index (χ0n) is 8.00. The van der Waals surface area contributed by atoms with Gasteiger partial charge >= 0.3 is 0 Å². The molecule has 1 aliphatic rings. The summed E-state index contributed by atoms with van der Waals surface area (Å²) in [6, 6.07) is 1.69. The predicted octanol–water partition coefficient (Wildman–Crippen LogP) is 2.52. The van der Waals surface area contributed by atoms with Crippen LogP contribution in [0.2, 0.25) is 0 Å². The Morgan fingerprint density at radius 2 is 2.43 bits per heavy atom. The summed E-state index contributed by atoms with van der Waals surface area (Å²) >= 11 is 3.20. The Morgan fingerprint density at radius 3 is 2.93 bits per heavy atom. The van der Waals surface area contributed by atoms with Crippen LogP contribution in [0.4, 0.5) is 0 Å². The van der Waals surface area contributed by atoms with E-state index in [-0.39, 0.29) is 5.91 Å². The fourth-order valence-corrected chi connectivity index (χ4v) is 1.83. The largest absolute Gasteiger partial charge is 0.457 e. The molecule has 0 saturated heterocycles. The summed E-state index contributed by atoms with van der Waals surface area (Å²) in [4.78, 5) is 13.6. The molecular weight excluding hydrogens is 246 g/mol. The van der Waals surface area contributed by atoms with Crippen LogP contribution in [0, 0.1) is 5.92 Å². The fraction of sp³-hybridized carbons (Fsp3) is 0.500. The van der Waals surface area contributed by atoms with Gasteiger partial charge in [0.15, 0.2) is 4.67 Å². The maximum atomic E-state index is 11.8. The van der Waals surface area contributed by atoms with E-state index >= 15 is 0 Å². The van der Waals surface area contributed by atoms with Crippen LogP contribution in [-0.4, -0.2) is 24.4 Å². The highest BCUT2D eigenvalue weighted by molar-refractivity contribution is 9.10. The molecule has 1 aromatic rings. The minimum atomic E-state index is 0.0255. The molecule has 1 heterocycles. The molecule has 2 rings (SSSR count). The minimum absolute atomic E-state index is 0.0255. The summed E-state index contributed by atoms with van der Waals surface area (Å²) < 4.78 is 5.54. The lowest BCUT2D eigenvalue weighted by Crippen LogP contribution is -2.28. The van der Waals surface area contributed by atoms with E-state index in [2.05, 4.69) is 15.9 Å². The van der Waals surface area contributed by atoms with Crippen molar-refractivity contribution >= 4 is 21.8 Å². The molecule has 3 nitrogen and oxygen atoms in total. The fourth-order valence-electron chi connectivity index (χ4n) is 1.42. The third-order valence-corrected chi connectivity index (χ3v) is 3.04. The second-order valence-corrected chi connectivity index (χ2v) is 4.46. The molecule has 0 radical (unpaired) electrons. The maximum Gasteiger partial charge on any atom is 0.258 e. The second kappa shape index (κ2) is 3.77. The molecule has 4 heteroatoms. The van der Waals surface area contributed by atoms with Gasteiger partial charge < -0.3 is 9.32 Å². The van der Waals surface area contributed by atoms with E-state index in [1.807, 2.05) is 7.05 Å². The van der Waals surface area contributed by atoms with E-state index in [1.54, 1.807) is 11.0 Å². The summed E-state index contributed by atoms with van der Waals surface area (Å²) in [7, 11) is 1.83. The average Bonchev–Trinajstić information content (AvgIpc) is 2.86. The van der Waals surface area contributed by atoms with Crippen LogP contribution in [0.15, 0.2) is 21.4 Å². The Bertz CT molecular complexity index is 344. The lowest BCUT2D eigenvalue weighted by Gasteiger charge is -2.15. The van der Waals surface area contributed by atoms with Gasteiger partial charge in [-0.2, -0.15) is 0 Å².